The van der Waals surface area contributed by atoms with Gasteiger partial charge in [0.2, 0.25) is 35.4 Å². The molecule has 0 heterocycles. The van der Waals surface area contributed by atoms with Crippen molar-refractivity contribution in [1.29, 1.82) is 0 Å². The fourth-order valence-electron chi connectivity index (χ4n) is 35.4. The molecular formula is C107H156N6O10. The molecule has 0 aliphatic heterocycles. The lowest BCUT2D eigenvalue weighted by Crippen LogP contribution is -2.45. The molecule has 0 saturated heterocycles. The van der Waals surface area contributed by atoms with Gasteiger partial charge in [-0.1, -0.05) is 78.3 Å². The summed E-state index contributed by atoms with van der Waals surface area (Å²) in [4.78, 5) is 96.0. The molecule has 0 spiro atoms. The molecule has 4 N–H and O–H groups in total. The molecule has 0 aromatic heterocycles. The van der Waals surface area contributed by atoms with Gasteiger partial charge in [-0.25, -0.2) is 9.59 Å². The number of nitrogens with zero attached hydrogens (tertiary/aromatic N) is 2. The Balaban J connectivity index is 0.000000100. The number of hydrogen-bond acceptors (Lipinski definition) is 10. The third-order valence-corrected chi connectivity index (χ3v) is 39.6. The van der Waals surface area contributed by atoms with Crippen molar-refractivity contribution in [3.8, 4) is 0 Å². The first-order valence-corrected chi connectivity index (χ1v) is 50.5. The molecule has 16 nitrogen and oxygen atoms in total. The van der Waals surface area contributed by atoms with Crippen molar-refractivity contribution in [2.45, 2.75) is 314 Å². The van der Waals surface area contributed by atoms with E-state index in [0.29, 0.717) is 70.4 Å². The second-order valence-corrected chi connectivity index (χ2v) is 45.7. The highest BCUT2D eigenvalue weighted by atomic mass is 16.5. The number of carbonyl (C=O) groups excluding carboxylic acids is 8. The summed E-state index contributed by atoms with van der Waals surface area (Å²) in [6.45, 7) is 38.9. The van der Waals surface area contributed by atoms with Crippen LogP contribution in [0.1, 0.15) is 266 Å². The van der Waals surface area contributed by atoms with Crippen LogP contribution in [0.3, 0.4) is 0 Å². The van der Waals surface area contributed by atoms with E-state index in [9.17, 15) is 38.4 Å². The molecule has 16 heteroatoms. The van der Waals surface area contributed by atoms with Crippen molar-refractivity contribution in [3.05, 3.63) is 99.2 Å². The fourth-order valence-corrected chi connectivity index (χ4v) is 35.4. The van der Waals surface area contributed by atoms with Crippen molar-refractivity contribution in [3.63, 3.8) is 0 Å². The number of hydrogen-bond donors (Lipinski definition) is 4. The van der Waals surface area contributed by atoms with Crippen LogP contribution >= 0.6 is 0 Å². The van der Waals surface area contributed by atoms with Crippen molar-refractivity contribution < 1.29 is 47.8 Å². The van der Waals surface area contributed by atoms with E-state index in [4.69, 9.17) is 9.47 Å². The Morgan fingerprint density at radius 1 is 0.317 bits per heavy atom. The van der Waals surface area contributed by atoms with Crippen molar-refractivity contribution in [1.82, 2.24) is 31.1 Å². The molecule has 40 atom stereocenters. The zero-order valence-corrected chi connectivity index (χ0v) is 76.2. The average Bonchev–Trinajstić information content (AvgIpc) is 1.57. The molecule has 0 radical (unpaired) electrons. The Labute approximate surface area is 738 Å². The first kappa shape index (κ1) is 88.7. The maximum atomic E-state index is 12.0. The second kappa shape index (κ2) is 37.0. The summed E-state index contributed by atoms with van der Waals surface area (Å²) in [6, 6.07) is 2.84. The number of ether oxygens (including phenoxy) is 2. The number of fused-ring (bicyclic) bond motifs is 44. The zero-order valence-electron chi connectivity index (χ0n) is 76.2. The van der Waals surface area contributed by atoms with Crippen LogP contribution in [-0.4, -0.2) is 119 Å². The summed E-state index contributed by atoms with van der Waals surface area (Å²) in [5.41, 5.74) is 2.51. The fraction of sp³-hybridized carbons (Fsp3) is 0.776. The smallest absolute Gasteiger partial charge is 0.333 e. The van der Waals surface area contributed by atoms with Gasteiger partial charge in [0.15, 0.2) is 0 Å². The summed E-state index contributed by atoms with van der Waals surface area (Å²) in [6.07, 6.45) is 54.9. The minimum atomic E-state index is -0.220. The van der Waals surface area contributed by atoms with Crippen molar-refractivity contribution in [2.24, 2.45) is 189 Å². The lowest BCUT2D eigenvalue weighted by molar-refractivity contribution is -0.149. The Kier molecular flexibility index (Phi) is 26.7. The average molecular weight is 1690 g/mol. The molecular weight excluding hydrogens is 1530 g/mol. The molecule has 24 rings (SSSR count). The van der Waals surface area contributed by atoms with Crippen LogP contribution in [0.5, 0.6) is 0 Å². The van der Waals surface area contributed by atoms with Crippen LogP contribution in [0.25, 0.3) is 0 Å². The molecule has 24 aliphatic rings. The SMILES string of the molecule is C=C(C)C(=O)N(CC)C1CC2CCC1C2.C=C(C)C(=O)NC1CC2CC1C1C3CCC(C3)C21.C=C(C)C(=O)NC1CC2CCC1C2.C=C(C)C(=O)OC1CC2CC1C1C3CCC(C3)C21.C=CC(=O)N(C)C1CC2CCC1C2.C=CC(=O)NC1CC2CC1C1C3CCC(C3)C21.C=CC(=O)NC1CC2CCC1C2.C=CC(=O)OC1CC2CC1C1C3CCC(C3)C21. The van der Waals surface area contributed by atoms with Crippen LogP contribution in [0.15, 0.2) is 99.2 Å². The summed E-state index contributed by atoms with van der Waals surface area (Å²) in [5, 5.41) is 12.5. The molecule has 24 aliphatic carbocycles. The van der Waals surface area contributed by atoms with E-state index in [2.05, 4.69) is 80.8 Å². The van der Waals surface area contributed by atoms with Crippen LogP contribution < -0.4 is 21.3 Å². The molecule has 6 amide bonds. The Bertz CT molecular complexity index is 3920. The quantitative estimate of drug-likeness (QED) is 0.0615. The minimum Gasteiger partial charge on any atom is -0.459 e. The lowest BCUT2D eigenvalue weighted by atomic mass is 9.69. The lowest BCUT2D eigenvalue weighted by Gasteiger charge is -2.38. The number of carbonyl (C=O) groups is 8. The predicted molar refractivity (Wildman–Crippen MR) is 483 cm³/mol. The van der Waals surface area contributed by atoms with Gasteiger partial charge in [0.25, 0.3) is 0 Å². The highest BCUT2D eigenvalue weighted by molar-refractivity contribution is 5.94. The number of rotatable bonds is 17. The van der Waals surface area contributed by atoms with E-state index in [0.717, 1.165) is 197 Å². The van der Waals surface area contributed by atoms with Gasteiger partial charge in [0.05, 0.1) is 0 Å². The zero-order chi connectivity index (χ0) is 86.4. The van der Waals surface area contributed by atoms with E-state index in [1.165, 1.54) is 243 Å². The summed E-state index contributed by atoms with van der Waals surface area (Å²) in [5.74, 6) is 29.0. The molecule has 24 saturated carbocycles. The van der Waals surface area contributed by atoms with Crippen LogP contribution in [0.4, 0.5) is 0 Å². The van der Waals surface area contributed by atoms with Crippen LogP contribution in [-0.2, 0) is 47.8 Å². The van der Waals surface area contributed by atoms with Gasteiger partial charge in [0, 0.05) is 78.2 Å². The van der Waals surface area contributed by atoms with Gasteiger partial charge >= 0.3 is 11.9 Å². The molecule has 24 bridgehead atoms. The molecule has 40 unspecified atom stereocenters. The monoisotopic (exact) mass is 1690 g/mol. The largest absolute Gasteiger partial charge is 0.459 e. The number of nitrogens with one attached hydrogen (secondary N) is 4. The van der Waals surface area contributed by atoms with Gasteiger partial charge < -0.3 is 40.5 Å². The summed E-state index contributed by atoms with van der Waals surface area (Å²) >= 11 is 0. The third kappa shape index (κ3) is 17.6. The maximum absolute atomic E-state index is 12.0. The Morgan fingerprint density at radius 3 is 1.01 bits per heavy atom. The highest BCUT2D eigenvalue weighted by Crippen LogP contribution is 2.72. The molecule has 0 aromatic carbocycles. The summed E-state index contributed by atoms with van der Waals surface area (Å²) in [7, 11) is 1.91. The molecule has 674 valence electrons. The first-order valence-electron chi connectivity index (χ1n) is 50.5. The van der Waals surface area contributed by atoms with E-state index in [1.807, 2.05) is 30.7 Å². The summed E-state index contributed by atoms with van der Waals surface area (Å²) < 4.78 is 11.2. The van der Waals surface area contributed by atoms with Gasteiger partial charge in [-0.2, -0.15) is 0 Å². The third-order valence-electron chi connectivity index (χ3n) is 39.6. The van der Waals surface area contributed by atoms with Gasteiger partial charge in [-0.05, 0) is 448 Å². The molecule has 123 heavy (non-hydrogen) atoms. The van der Waals surface area contributed by atoms with Gasteiger partial charge in [-0.3, -0.25) is 28.8 Å². The van der Waals surface area contributed by atoms with E-state index in [-0.39, 0.29) is 59.6 Å². The minimum absolute atomic E-state index is 0.00690. The first-order chi connectivity index (χ1) is 59.2. The Morgan fingerprint density at radius 2 is 0.659 bits per heavy atom. The number of amides is 6. The molecule has 0 aromatic rings. The standard InChI is InChI=1S/C16H23NO.C16H22O2.C15H21NO.C15H20O2.C13H21NO.2C11H17NO.C10H15NO/c1-8(2)16(18)17-13-7-11-6-12(13)15-10-4-3-9(5-10)14(11)15;1-8(2)16(17)18-13-7-11-6-12(13)15-10-4-3-9(5-10)14(11)15;1-2-13(17)16-12-7-10-6-11(12)15-9-4-3-8(5-9)14(10)15;1-2-13(16)17-12-7-10-6-11(12)15-9-4-3-8(5-9)14(10)15;1-4-14(13(15)9(2)3)12-8-10-5-6-11(12)7-10;1-7(2)11(13)12-10-6-8-3-4-9(10)5-8;1-3-11(13)12(2)10-7-8-4-5-9(10)6-8;1-2-10(12)11-9-6-7-3-4-8(9)5-7/h9-15H,1,3-7H2,2H3,(H,17,18);9-15H,1,3-7H2,2H3;2,8-12,14-15H,1,3-7H2,(H,16,17);2,8-12,14-15H,1,3-7H2;10-12H,2,4-8H2,1,3H3;8-10H,1,3-6H2,2H3,(H,12,13);3,8-10H,1,4-7H2,2H3;2,7-9H,1,3-6H2,(H,11,12). The Hall–Kier alpha value is -6.32. The number of esters is 2. The van der Waals surface area contributed by atoms with E-state index >= 15 is 0 Å². The maximum Gasteiger partial charge on any atom is 0.333 e. The van der Waals surface area contributed by atoms with Crippen molar-refractivity contribution in [2.75, 3.05) is 13.6 Å². The molecule has 24 fully saturated rings. The highest BCUT2D eigenvalue weighted by Gasteiger charge is 2.67. The second-order valence-electron chi connectivity index (χ2n) is 45.7. The van der Waals surface area contributed by atoms with Crippen LogP contribution in [0, 0.1) is 189 Å². The topological polar surface area (TPSA) is 210 Å². The van der Waals surface area contributed by atoms with E-state index in [1.54, 1.807) is 13.8 Å². The van der Waals surface area contributed by atoms with E-state index < -0.39 is 0 Å². The van der Waals surface area contributed by atoms with Crippen molar-refractivity contribution >= 4 is 47.4 Å². The van der Waals surface area contributed by atoms with Crippen LogP contribution in [0.2, 0.25) is 0 Å². The normalized spacial score (nSPS) is 45.3. The number of likely N-dealkylation sites (N-methyl/N-ethyl adjacent to an activating group) is 2. The van der Waals surface area contributed by atoms with Gasteiger partial charge in [-0.15, -0.1) is 0 Å². The van der Waals surface area contributed by atoms with Gasteiger partial charge in [0.1, 0.15) is 12.2 Å². The predicted octanol–water partition coefficient (Wildman–Crippen LogP) is 18.8.